The number of amides is 2. The van der Waals surface area contributed by atoms with Gasteiger partial charge in [-0.25, -0.2) is 9.59 Å². The third-order valence-corrected chi connectivity index (χ3v) is 5.10. The number of methoxy groups -OCH3 is 3. The van der Waals surface area contributed by atoms with Crippen molar-refractivity contribution >= 4 is 18.0 Å². The van der Waals surface area contributed by atoms with Crippen molar-refractivity contribution in [1.82, 2.24) is 10.2 Å². The van der Waals surface area contributed by atoms with Gasteiger partial charge < -0.3 is 29.2 Å². The van der Waals surface area contributed by atoms with E-state index < -0.39 is 35.7 Å². The lowest BCUT2D eigenvalue weighted by Gasteiger charge is -2.33. The Morgan fingerprint density at radius 2 is 1.85 bits per heavy atom. The van der Waals surface area contributed by atoms with Gasteiger partial charge in [0.2, 0.25) is 5.91 Å². The molecule has 1 aliphatic heterocycles. The van der Waals surface area contributed by atoms with Crippen molar-refractivity contribution in [3.8, 4) is 11.5 Å². The number of carbonyl (C=O) groups is 3. The summed E-state index contributed by atoms with van der Waals surface area (Å²) in [6.45, 7) is 5.31. The van der Waals surface area contributed by atoms with Gasteiger partial charge in [-0.2, -0.15) is 0 Å². The Hall–Kier alpha value is -3.23. The fraction of sp³-hybridized carbons (Fsp3) is 0.542. The van der Waals surface area contributed by atoms with Gasteiger partial charge in [-0.15, -0.1) is 0 Å². The zero-order valence-corrected chi connectivity index (χ0v) is 20.2. The van der Waals surface area contributed by atoms with Crippen molar-refractivity contribution < 1.29 is 33.3 Å². The van der Waals surface area contributed by atoms with Crippen LogP contribution in [0.4, 0.5) is 4.79 Å². The lowest BCUT2D eigenvalue weighted by molar-refractivity contribution is -0.154. The summed E-state index contributed by atoms with van der Waals surface area (Å²) < 4.78 is 21.1. The highest BCUT2D eigenvalue weighted by Gasteiger charge is 2.36. The van der Waals surface area contributed by atoms with E-state index in [1.165, 1.54) is 19.1 Å². The van der Waals surface area contributed by atoms with Crippen molar-refractivity contribution in [3.63, 3.8) is 0 Å². The molecule has 2 amide bonds. The van der Waals surface area contributed by atoms with Crippen LogP contribution in [-0.4, -0.2) is 61.9 Å². The van der Waals surface area contributed by atoms with E-state index in [0.29, 0.717) is 29.9 Å². The minimum Gasteiger partial charge on any atom is -0.497 e. The summed E-state index contributed by atoms with van der Waals surface area (Å²) in [7, 11) is 4.35. The molecule has 0 aliphatic carbocycles. The van der Waals surface area contributed by atoms with Gasteiger partial charge >= 0.3 is 12.1 Å². The van der Waals surface area contributed by atoms with E-state index in [2.05, 4.69) is 5.32 Å². The second-order valence-electron chi connectivity index (χ2n) is 8.67. The highest BCUT2D eigenvalue weighted by atomic mass is 16.6. The van der Waals surface area contributed by atoms with Crippen LogP contribution >= 0.6 is 0 Å². The summed E-state index contributed by atoms with van der Waals surface area (Å²) in [4.78, 5) is 40.2. The first-order chi connectivity index (χ1) is 15.6. The summed E-state index contributed by atoms with van der Waals surface area (Å²) in [5.41, 5.74) is -0.0317. The Balaban J connectivity index is 2.42. The molecule has 0 unspecified atom stereocenters. The van der Waals surface area contributed by atoms with Gasteiger partial charge in [-0.1, -0.05) is 12.2 Å². The van der Waals surface area contributed by atoms with Crippen LogP contribution in [0.2, 0.25) is 0 Å². The molecule has 1 aromatic carbocycles. The first-order valence-electron chi connectivity index (χ1n) is 10.8. The van der Waals surface area contributed by atoms with Crippen molar-refractivity contribution in [1.29, 1.82) is 0 Å². The number of carbonyl (C=O) groups excluding carboxylic acids is 3. The van der Waals surface area contributed by atoms with Crippen LogP contribution < -0.4 is 14.8 Å². The van der Waals surface area contributed by atoms with Gasteiger partial charge in [0, 0.05) is 11.6 Å². The van der Waals surface area contributed by atoms with Crippen LogP contribution in [-0.2, 0) is 25.6 Å². The molecule has 0 spiro atoms. The average Bonchev–Trinajstić information content (AvgIpc) is 2.83. The topological polar surface area (TPSA) is 103 Å². The molecule has 2 atom stereocenters. The molecular formula is C24H34N2O7. The van der Waals surface area contributed by atoms with Crippen molar-refractivity contribution in [2.75, 3.05) is 21.3 Å². The second kappa shape index (κ2) is 11.6. The Morgan fingerprint density at radius 1 is 1.12 bits per heavy atom. The van der Waals surface area contributed by atoms with Crippen LogP contribution in [0.25, 0.3) is 0 Å². The molecule has 0 aromatic heterocycles. The molecule has 9 heteroatoms. The smallest absolute Gasteiger partial charge is 0.408 e. The van der Waals surface area contributed by atoms with Crippen LogP contribution in [0.15, 0.2) is 30.4 Å². The second-order valence-corrected chi connectivity index (χ2v) is 8.67. The van der Waals surface area contributed by atoms with E-state index in [4.69, 9.17) is 18.9 Å². The molecule has 0 bridgehead atoms. The lowest BCUT2D eigenvalue weighted by Crippen LogP contribution is -2.54. The van der Waals surface area contributed by atoms with Crippen LogP contribution in [0.1, 0.15) is 45.6 Å². The molecule has 1 aromatic rings. The van der Waals surface area contributed by atoms with E-state index in [1.807, 2.05) is 12.2 Å². The minimum absolute atomic E-state index is 0.0755. The summed E-state index contributed by atoms with van der Waals surface area (Å²) >= 11 is 0. The highest BCUT2D eigenvalue weighted by Crippen LogP contribution is 2.28. The number of ether oxygens (including phenoxy) is 4. The summed E-state index contributed by atoms with van der Waals surface area (Å²) in [5.74, 6) is 0.164. The van der Waals surface area contributed by atoms with Crippen molar-refractivity contribution in [3.05, 3.63) is 35.9 Å². The van der Waals surface area contributed by atoms with Gasteiger partial charge in [0.05, 0.1) is 27.9 Å². The average molecular weight is 463 g/mol. The summed E-state index contributed by atoms with van der Waals surface area (Å²) in [6, 6.07) is 3.49. The number of benzene rings is 1. The predicted molar refractivity (Wildman–Crippen MR) is 122 cm³/mol. The number of esters is 1. The van der Waals surface area contributed by atoms with E-state index in [9.17, 15) is 14.4 Å². The number of nitrogens with one attached hydrogen (secondary N) is 1. The van der Waals surface area contributed by atoms with E-state index in [0.717, 1.165) is 0 Å². The quantitative estimate of drug-likeness (QED) is 0.511. The molecular weight excluding hydrogens is 428 g/mol. The Kier molecular flexibility index (Phi) is 9.13. The number of hydrogen-bond donors (Lipinski definition) is 1. The van der Waals surface area contributed by atoms with Gasteiger partial charge in [0.15, 0.2) is 0 Å². The van der Waals surface area contributed by atoms with E-state index in [1.54, 1.807) is 46.1 Å². The van der Waals surface area contributed by atoms with E-state index in [-0.39, 0.29) is 13.0 Å². The third-order valence-electron chi connectivity index (χ3n) is 5.10. The fourth-order valence-electron chi connectivity index (χ4n) is 3.51. The highest BCUT2D eigenvalue weighted by molar-refractivity contribution is 5.90. The maximum Gasteiger partial charge on any atom is 0.408 e. The molecule has 0 fully saturated rings. The third kappa shape index (κ3) is 7.40. The van der Waals surface area contributed by atoms with E-state index >= 15 is 0 Å². The number of nitrogens with zero attached hydrogens (tertiary/aromatic N) is 1. The first-order valence-corrected chi connectivity index (χ1v) is 10.8. The zero-order valence-electron chi connectivity index (χ0n) is 20.2. The number of alkyl carbamates (subject to hydrolysis) is 1. The van der Waals surface area contributed by atoms with Crippen molar-refractivity contribution in [2.45, 2.75) is 64.3 Å². The molecule has 9 nitrogen and oxygen atoms in total. The molecule has 0 radical (unpaired) electrons. The molecule has 1 N–H and O–H groups in total. The molecule has 0 saturated heterocycles. The van der Waals surface area contributed by atoms with Crippen LogP contribution in [0.5, 0.6) is 11.5 Å². The van der Waals surface area contributed by atoms with Crippen molar-refractivity contribution in [2.24, 2.45) is 0 Å². The molecule has 2 rings (SSSR count). The zero-order chi connectivity index (χ0) is 24.6. The minimum atomic E-state index is -0.876. The summed E-state index contributed by atoms with van der Waals surface area (Å²) in [6.07, 6.45) is 4.25. The normalized spacial score (nSPS) is 20.1. The Bertz CT molecular complexity index is 876. The number of rotatable bonds is 6. The first kappa shape index (κ1) is 26.0. The molecule has 1 heterocycles. The maximum absolute atomic E-state index is 13.7. The Morgan fingerprint density at radius 3 is 2.45 bits per heavy atom. The largest absolute Gasteiger partial charge is 0.497 e. The lowest BCUT2D eigenvalue weighted by atomic mass is 10.1. The Labute approximate surface area is 195 Å². The van der Waals surface area contributed by atoms with Gasteiger partial charge in [0.25, 0.3) is 0 Å². The van der Waals surface area contributed by atoms with Crippen LogP contribution in [0, 0.1) is 0 Å². The standard InChI is InChI=1S/C24H34N2O7/c1-24(2,3)33-23(29)25-18-10-8-7-9-11-19(22(28)32-6)26(21(18)27)15-16-12-13-17(30-4)14-20(16)31-5/h7,9,12-14,18-19H,8,10-11,15H2,1-6H3,(H,25,29)/b9-7-/t18-,19-/m0/s1. The predicted octanol–water partition coefficient (Wildman–Crippen LogP) is 3.21. The summed E-state index contributed by atoms with van der Waals surface area (Å²) in [5, 5.41) is 2.67. The molecule has 182 valence electrons. The molecule has 1 aliphatic rings. The maximum atomic E-state index is 13.7. The molecule has 0 saturated carbocycles. The fourth-order valence-corrected chi connectivity index (χ4v) is 3.51. The SMILES string of the molecule is COC(=O)[C@@H]1C/C=C\CC[C@H](NC(=O)OC(C)(C)C)C(=O)N1Cc1ccc(OC)cc1OC. The van der Waals surface area contributed by atoms with Gasteiger partial charge in [0.1, 0.15) is 29.2 Å². The van der Waals surface area contributed by atoms with Gasteiger partial charge in [-0.3, -0.25) is 4.79 Å². The van der Waals surface area contributed by atoms with Gasteiger partial charge in [-0.05, 0) is 52.2 Å². The van der Waals surface area contributed by atoms with Crippen LogP contribution in [0.3, 0.4) is 0 Å². The number of hydrogen-bond acceptors (Lipinski definition) is 7. The monoisotopic (exact) mass is 462 g/mol. The number of allylic oxidation sites excluding steroid dienone is 1. The molecule has 33 heavy (non-hydrogen) atoms.